The first-order valence-electron chi connectivity index (χ1n) is 3.94. The van der Waals surface area contributed by atoms with E-state index in [1.54, 1.807) is 0 Å². The van der Waals surface area contributed by atoms with Gasteiger partial charge in [-0.15, -0.1) is 0 Å². The normalized spacial score (nSPS) is 11.1. The van der Waals surface area contributed by atoms with E-state index >= 15 is 0 Å². The fraction of sp³-hybridized carbons (Fsp3) is 0.222. The zero-order valence-electron chi connectivity index (χ0n) is 8.15. The Balaban J connectivity index is 3.36. The lowest BCUT2D eigenvalue weighted by molar-refractivity contribution is 0.0600. The summed E-state index contributed by atoms with van der Waals surface area (Å²) in [5.41, 5.74) is 0.155. The first kappa shape index (κ1) is 12.0. The SMILES string of the molecule is COC(=O)c1ccc(Cl)c(S(C)(=O)=O)c1. The molecule has 1 aromatic carbocycles. The average molecular weight is 249 g/mol. The van der Waals surface area contributed by atoms with Crippen LogP contribution >= 0.6 is 11.6 Å². The predicted octanol–water partition coefficient (Wildman–Crippen LogP) is 1.53. The van der Waals surface area contributed by atoms with Crippen LogP contribution in [0.1, 0.15) is 10.4 Å². The molecule has 0 saturated heterocycles. The third-order valence-electron chi connectivity index (χ3n) is 1.75. The third kappa shape index (κ3) is 2.70. The molecule has 6 heteroatoms. The van der Waals surface area contributed by atoms with Crippen LogP contribution in [0, 0.1) is 0 Å². The molecule has 0 aromatic heterocycles. The highest BCUT2D eigenvalue weighted by molar-refractivity contribution is 7.90. The van der Waals surface area contributed by atoms with E-state index in [1.165, 1.54) is 25.3 Å². The van der Waals surface area contributed by atoms with E-state index in [0.717, 1.165) is 6.26 Å². The van der Waals surface area contributed by atoms with Crippen LogP contribution in [0.5, 0.6) is 0 Å². The van der Waals surface area contributed by atoms with Crippen LogP contribution in [-0.2, 0) is 14.6 Å². The quantitative estimate of drug-likeness (QED) is 0.745. The summed E-state index contributed by atoms with van der Waals surface area (Å²) < 4.78 is 27.0. The number of esters is 1. The van der Waals surface area contributed by atoms with E-state index < -0.39 is 15.8 Å². The molecule has 0 heterocycles. The zero-order valence-corrected chi connectivity index (χ0v) is 9.72. The van der Waals surface area contributed by atoms with Crippen molar-refractivity contribution in [2.24, 2.45) is 0 Å². The second kappa shape index (κ2) is 4.20. The van der Waals surface area contributed by atoms with E-state index in [0.29, 0.717) is 0 Å². The molecular formula is C9H9ClO4S. The van der Waals surface area contributed by atoms with Crippen molar-refractivity contribution >= 4 is 27.4 Å². The standard InChI is InChI=1S/C9H9ClO4S/c1-14-9(11)6-3-4-7(10)8(5-6)15(2,12)13/h3-5H,1-2H3. The Labute approximate surface area is 92.7 Å². The van der Waals surface area contributed by atoms with Gasteiger partial charge in [0.2, 0.25) is 0 Å². The van der Waals surface area contributed by atoms with Crippen molar-refractivity contribution in [3.63, 3.8) is 0 Å². The van der Waals surface area contributed by atoms with Crippen LogP contribution in [0.25, 0.3) is 0 Å². The van der Waals surface area contributed by atoms with Crippen molar-refractivity contribution in [3.8, 4) is 0 Å². The minimum atomic E-state index is -3.44. The summed E-state index contributed by atoms with van der Waals surface area (Å²) in [6.07, 6.45) is 1.02. The van der Waals surface area contributed by atoms with Crippen LogP contribution in [0.3, 0.4) is 0 Å². The van der Waals surface area contributed by atoms with Gasteiger partial charge in [-0.3, -0.25) is 0 Å². The molecule has 0 N–H and O–H groups in total. The molecule has 0 atom stereocenters. The van der Waals surface area contributed by atoms with Gasteiger partial charge in [0.05, 0.1) is 22.6 Å². The minimum Gasteiger partial charge on any atom is -0.465 e. The maximum atomic E-state index is 11.3. The molecule has 0 amide bonds. The van der Waals surface area contributed by atoms with Crippen molar-refractivity contribution in [3.05, 3.63) is 28.8 Å². The Morgan fingerprint density at radius 2 is 2.00 bits per heavy atom. The largest absolute Gasteiger partial charge is 0.465 e. The summed E-state index contributed by atoms with van der Waals surface area (Å²) in [7, 11) is -2.22. The van der Waals surface area contributed by atoms with Crippen LogP contribution in [-0.4, -0.2) is 27.8 Å². The van der Waals surface area contributed by atoms with Gasteiger partial charge in [-0.1, -0.05) is 11.6 Å². The van der Waals surface area contributed by atoms with E-state index in [4.69, 9.17) is 11.6 Å². The van der Waals surface area contributed by atoms with Gasteiger partial charge in [-0.05, 0) is 18.2 Å². The minimum absolute atomic E-state index is 0.0768. The number of hydrogen-bond acceptors (Lipinski definition) is 4. The highest BCUT2D eigenvalue weighted by Gasteiger charge is 2.15. The molecule has 0 aliphatic carbocycles. The number of benzene rings is 1. The Morgan fingerprint density at radius 1 is 1.40 bits per heavy atom. The Kier molecular flexibility index (Phi) is 3.36. The molecule has 0 unspecified atom stereocenters. The molecule has 1 rings (SSSR count). The van der Waals surface area contributed by atoms with E-state index in [1.807, 2.05) is 0 Å². The number of hydrogen-bond donors (Lipinski definition) is 0. The monoisotopic (exact) mass is 248 g/mol. The highest BCUT2D eigenvalue weighted by Crippen LogP contribution is 2.22. The molecule has 0 bridgehead atoms. The lowest BCUT2D eigenvalue weighted by Gasteiger charge is -2.04. The van der Waals surface area contributed by atoms with Crippen LogP contribution < -0.4 is 0 Å². The van der Waals surface area contributed by atoms with Crippen molar-refractivity contribution in [2.45, 2.75) is 4.90 Å². The lowest BCUT2D eigenvalue weighted by atomic mass is 10.2. The van der Waals surface area contributed by atoms with Crippen molar-refractivity contribution in [1.82, 2.24) is 0 Å². The second-order valence-corrected chi connectivity index (χ2v) is 5.30. The summed E-state index contributed by atoms with van der Waals surface area (Å²) >= 11 is 5.70. The molecule has 0 fully saturated rings. The van der Waals surface area contributed by atoms with Gasteiger partial charge in [0.15, 0.2) is 9.84 Å². The summed E-state index contributed by atoms with van der Waals surface area (Å²) in [5, 5.41) is 0.0881. The van der Waals surface area contributed by atoms with Gasteiger partial charge in [0, 0.05) is 6.26 Å². The summed E-state index contributed by atoms with van der Waals surface area (Å²) in [5.74, 6) is -0.600. The molecule has 15 heavy (non-hydrogen) atoms. The number of halogens is 1. The lowest BCUT2D eigenvalue weighted by Crippen LogP contribution is -2.04. The molecule has 0 aliphatic heterocycles. The molecule has 0 radical (unpaired) electrons. The first-order valence-corrected chi connectivity index (χ1v) is 6.21. The van der Waals surface area contributed by atoms with Gasteiger partial charge in [0.25, 0.3) is 0 Å². The summed E-state index contributed by atoms with van der Waals surface area (Å²) in [4.78, 5) is 11.1. The van der Waals surface area contributed by atoms with Gasteiger partial charge >= 0.3 is 5.97 Å². The topological polar surface area (TPSA) is 60.4 Å². The number of methoxy groups -OCH3 is 1. The van der Waals surface area contributed by atoms with E-state index in [2.05, 4.69) is 4.74 Å². The zero-order chi connectivity index (χ0) is 11.6. The predicted molar refractivity (Wildman–Crippen MR) is 55.9 cm³/mol. The van der Waals surface area contributed by atoms with Crippen molar-refractivity contribution < 1.29 is 17.9 Å². The second-order valence-electron chi connectivity index (χ2n) is 2.91. The average Bonchev–Trinajstić information content (AvgIpc) is 2.15. The van der Waals surface area contributed by atoms with Gasteiger partial charge in [0.1, 0.15) is 0 Å². The highest BCUT2D eigenvalue weighted by atomic mass is 35.5. The number of carbonyl (C=O) groups is 1. The van der Waals surface area contributed by atoms with Crippen LogP contribution in [0.4, 0.5) is 0 Å². The number of ether oxygens (including phenoxy) is 1. The Bertz CT molecular complexity index is 493. The number of carbonyl (C=O) groups excluding carboxylic acids is 1. The number of rotatable bonds is 2. The Morgan fingerprint density at radius 3 is 2.47 bits per heavy atom. The molecule has 0 saturated carbocycles. The van der Waals surface area contributed by atoms with E-state index in [-0.39, 0.29) is 15.5 Å². The molecule has 0 spiro atoms. The fourth-order valence-corrected chi connectivity index (χ4v) is 2.33. The maximum Gasteiger partial charge on any atom is 0.337 e. The van der Waals surface area contributed by atoms with Gasteiger partial charge in [-0.25, -0.2) is 13.2 Å². The molecular weight excluding hydrogens is 240 g/mol. The molecule has 4 nitrogen and oxygen atoms in total. The van der Waals surface area contributed by atoms with Crippen LogP contribution in [0.2, 0.25) is 5.02 Å². The van der Waals surface area contributed by atoms with Gasteiger partial charge in [-0.2, -0.15) is 0 Å². The molecule has 0 aliphatic rings. The van der Waals surface area contributed by atoms with E-state index in [9.17, 15) is 13.2 Å². The van der Waals surface area contributed by atoms with Gasteiger partial charge < -0.3 is 4.74 Å². The maximum absolute atomic E-state index is 11.3. The van der Waals surface area contributed by atoms with Crippen molar-refractivity contribution in [2.75, 3.05) is 13.4 Å². The summed E-state index contributed by atoms with van der Waals surface area (Å²) in [6, 6.07) is 3.95. The summed E-state index contributed by atoms with van der Waals surface area (Å²) in [6.45, 7) is 0. The smallest absolute Gasteiger partial charge is 0.337 e. The molecule has 82 valence electrons. The first-order chi connectivity index (χ1) is 6.86. The molecule has 1 aromatic rings. The van der Waals surface area contributed by atoms with Crippen LogP contribution in [0.15, 0.2) is 23.1 Å². The van der Waals surface area contributed by atoms with Crippen molar-refractivity contribution in [1.29, 1.82) is 0 Å². The Hall–Kier alpha value is -1.07. The third-order valence-corrected chi connectivity index (χ3v) is 3.33. The number of sulfone groups is 1. The fourth-order valence-electron chi connectivity index (χ4n) is 1.03.